The molecule has 17 heavy (non-hydrogen) atoms. The second kappa shape index (κ2) is 5.42. The van der Waals surface area contributed by atoms with Gasteiger partial charge in [-0.05, 0) is 11.6 Å². The number of rotatable bonds is 1. The van der Waals surface area contributed by atoms with E-state index < -0.39 is 17.7 Å². The Kier molecular flexibility index (Phi) is 4.42. The first-order valence-corrected chi connectivity index (χ1v) is 5.11. The van der Waals surface area contributed by atoms with E-state index in [1.165, 1.54) is 12.1 Å². The van der Waals surface area contributed by atoms with E-state index in [2.05, 4.69) is 0 Å². The number of hydrogen-bond acceptors (Lipinski definition) is 1. The van der Waals surface area contributed by atoms with Crippen molar-refractivity contribution in [2.24, 2.45) is 0 Å². The van der Waals surface area contributed by atoms with Crippen molar-refractivity contribution in [2.45, 2.75) is 12.3 Å². The SMILES string of the molecule is O=C(O)[NH+]1CCC(c2ccc(F)cc2F)C1.[Cl-]. The van der Waals surface area contributed by atoms with Crippen LogP contribution in [0.2, 0.25) is 0 Å². The van der Waals surface area contributed by atoms with Gasteiger partial charge in [0.05, 0.1) is 13.1 Å². The van der Waals surface area contributed by atoms with Gasteiger partial charge in [-0.2, -0.15) is 4.79 Å². The summed E-state index contributed by atoms with van der Waals surface area (Å²) in [5, 5.41) is 8.80. The Labute approximate surface area is 103 Å². The second-order valence-corrected chi connectivity index (χ2v) is 4.01. The summed E-state index contributed by atoms with van der Waals surface area (Å²) in [6.45, 7) is 0.842. The molecule has 0 radical (unpaired) electrons. The molecule has 1 aliphatic heterocycles. The first-order chi connectivity index (χ1) is 7.58. The van der Waals surface area contributed by atoms with Crippen LogP contribution >= 0.6 is 0 Å². The molecule has 2 atom stereocenters. The predicted octanol–water partition coefficient (Wildman–Crippen LogP) is -1.98. The fraction of sp³-hybridized carbons (Fsp3) is 0.364. The van der Waals surface area contributed by atoms with Crippen LogP contribution in [0.25, 0.3) is 0 Å². The minimum Gasteiger partial charge on any atom is -1.00 e. The van der Waals surface area contributed by atoms with Crippen molar-refractivity contribution in [1.29, 1.82) is 0 Å². The van der Waals surface area contributed by atoms with E-state index in [1.807, 2.05) is 0 Å². The topological polar surface area (TPSA) is 41.7 Å². The van der Waals surface area contributed by atoms with Crippen molar-refractivity contribution in [1.82, 2.24) is 0 Å². The molecule has 1 amide bonds. The van der Waals surface area contributed by atoms with E-state index in [0.717, 1.165) is 6.07 Å². The van der Waals surface area contributed by atoms with Crippen LogP contribution in [0.3, 0.4) is 0 Å². The lowest BCUT2D eigenvalue weighted by Crippen LogP contribution is -3.12. The predicted molar refractivity (Wildman–Crippen MR) is 52.4 cm³/mol. The van der Waals surface area contributed by atoms with E-state index in [0.29, 0.717) is 30.0 Å². The summed E-state index contributed by atoms with van der Waals surface area (Å²) in [6.07, 6.45) is -0.297. The first-order valence-electron chi connectivity index (χ1n) is 5.11. The van der Waals surface area contributed by atoms with Gasteiger partial charge in [0.25, 0.3) is 0 Å². The number of halogens is 3. The maximum Gasteiger partial charge on any atom is 0.511 e. The minimum atomic E-state index is -0.912. The highest BCUT2D eigenvalue weighted by Gasteiger charge is 2.33. The summed E-state index contributed by atoms with van der Waals surface area (Å²) < 4.78 is 26.1. The highest BCUT2D eigenvalue weighted by Crippen LogP contribution is 2.23. The Hall–Kier alpha value is -1.20. The number of amides is 1. The summed E-state index contributed by atoms with van der Waals surface area (Å²) in [6, 6.07) is 3.45. The molecule has 0 aliphatic carbocycles. The fourth-order valence-corrected chi connectivity index (χ4v) is 2.14. The van der Waals surface area contributed by atoms with Crippen molar-refractivity contribution in [3.63, 3.8) is 0 Å². The highest BCUT2D eigenvalue weighted by atomic mass is 35.5. The van der Waals surface area contributed by atoms with Crippen molar-refractivity contribution in [3.05, 3.63) is 35.4 Å². The molecule has 2 N–H and O–H groups in total. The van der Waals surface area contributed by atoms with E-state index in [4.69, 9.17) is 5.11 Å². The van der Waals surface area contributed by atoms with Crippen LogP contribution < -0.4 is 17.3 Å². The average molecular weight is 264 g/mol. The van der Waals surface area contributed by atoms with Gasteiger partial charge in [0.2, 0.25) is 0 Å². The molecule has 0 spiro atoms. The van der Waals surface area contributed by atoms with Crippen LogP contribution in [-0.2, 0) is 0 Å². The second-order valence-electron chi connectivity index (χ2n) is 4.01. The number of benzene rings is 1. The molecule has 6 heteroatoms. The number of carboxylic acid groups (broad SMARTS) is 1. The zero-order chi connectivity index (χ0) is 11.7. The van der Waals surface area contributed by atoms with Gasteiger partial charge in [0.1, 0.15) is 11.6 Å². The largest absolute Gasteiger partial charge is 1.00 e. The van der Waals surface area contributed by atoms with Gasteiger partial charge in [-0.15, -0.1) is 0 Å². The number of quaternary nitrogens is 1. The Morgan fingerprint density at radius 1 is 1.41 bits per heavy atom. The van der Waals surface area contributed by atoms with E-state index in [1.54, 1.807) is 0 Å². The summed E-state index contributed by atoms with van der Waals surface area (Å²) in [5.41, 5.74) is 0.414. The highest BCUT2D eigenvalue weighted by molar-refractivity contribution is 5.54. The Morgan fingerprint density at radius 2 is 2.12 bits per heavy atom. The van der Waals surface area contributed by atoms with E-state index in [9.17, 15) is 13.6 Å². The number of likely N-dealkylation sites (tertiary alicyclic amines) is 1. The molecule has 3 nitrogen and oxygen atoms in total. The van der Waals surface area contributed by atoms with Crippen molar-refractivity contribution >= 4 is 6.09 Å². The van der Waals surface area contributed by atoms with Gasteiger partial charge in [-0.25, -0.2) is 13.7 Å². The third-order valence-corrected chi connectivity index (χ3v) is 2.99. The van der Waals surface area contributed by atoms with Gasteiger partial charge in [0.15, 0.2) is 0 Å². The van der Waals surface area contributed by atoms with Crippen molar-refractivity contribution in [3.8, 4) is 0 Å². The molecule has 1 saturated heterocycles. The fourth-order valence-electron chi connectivity index (χ4n) is 2.14. The van der Waals surface area contributed by atoms with Gasteiger partial charge >= 0.3 is 6.09 Å². The van der Waals surface area contributed by atoms with Crippen LogP contribution in [0, 0.1) is 11.6 Å². The molecule has 0 aromatic heterocycles. The summed E-state index contributed by atoms with van der Waals surface area (Å²) in [7, 11) is 0. The maximum atomic E-state index is 13.4. The molecular formula is C11H12ClF2NO2. The van der Waals surface area contributed by atoms with Crippen molar-refractivity contribution in [2.75, 3.05) is 13.1 Å². The van der Waals surface area contributed by atoms with Gasteiger partial charge < -0.3 is 17.5 Å². The maximum absolute atomic E-state index is 13.4. The van der Waals surface area contributed by atoms with Crippen LogP contribution in [-0.4, -0.2) is 24.3 Å². The molecule has 2 rings (SSSR count). The lowest BCUT2D eigenvalue weighted by molar-refractivity contribution is -0.809. The monoisotopic (exact) mass is 263 g/mol. The molecule has 1 heterocycles. The molecule has 1 aromatic carbocycles. The van der Waals surface area contributed by atoms with Crippen LogP contribution in [0.15, 0.2) is 18.2 Å². The normalized spacial score (nSPS) is 23.2. The number of nitrogens with one attached hydrogen (secondary N) is 1. The molecule has 0 bridgehead atoms. The third-order valence-electron chi connectivity index (χ3n) is 2.99. The zero-order valence-corrected chi connectivity index (χ0v) is 9.68. The molecule has 94 valence electrons. The van der Waals surface area contributed by atoms with Crippen molar-refractivity contribution < 1.29 is 36.0 Å². The quantitative estimate of drug-likeness (QED) is 0.617. The van der Waals surface area contributed by atoms with Crippen LogP contribution in [0.4, 0.5) is 13.6 Å². The molecule has 1 aromatic rings. The summed E-state index contributed by atoms with van der Waals surface area (Å²) >= 11 is 0. The first kappa shape index (κ1) is 13.9. The van der Waals surface area contributed by atoms with E-state index >= 15 is 0 Å². The number of carbonyl (C=O) groups is 1. The van der Waals surface area contributed by atoms with Crippen LogP contribution in [0.1, 0.15) is 17.9 Å². The average Bonchev–Trinajstić information content (AvgIpc) is 2.66. The minimum absolute atomic E-state index is 0. The third kappa shape index (κ3) is 2.92. The Bertz CT molecular complexity index is 428. The lowest BCUT2D eigenvalue weighted by Gasteiger charge is -2.09. The standard InChI is InChI=1S/C11H11F2NO2.ClH/c12-8-1-2-9(10(13)5-8)7-3-4-14(6-7)11(15)16;/h1-2,5,7H,3-4,6H2,(H,15,16);1H. The molecular weight excluding hydrogens is 252 g/mol. The Morgan fingerprint density at radius 3 is 2.65 bits per heavy atom. The van der Waals surface area contributed by atoms with Gasteiger partial charge in [-0.3, -0.25) is 0 Å². The smallest absolute Gasteiger partial charge is 0.511 e. The van der Waals surface area contributed by atoms with Gasteiger partial charge in [0, 0.05) is 18.4 Å². The Balaban J connectivity index is 0.00000144. The zero-order valence-electron chi connectivity index (χ0n) is 8.92. The van der Waals surface area contributed by atoms with E-state index in [-0.39, 0.29) is 18.3 Å². The molecule has 2 unspecified atom stereocenters. The van der Waals surface area contributed by atoms with Gasteiger partial charge in [-0.1, -0.05) is 6.07 Å². The van der Waals surface area contributed by atoms with Crippen LogP contribution in [0.5, 0.6) is 0 Å². The molecule has 0 saturated carbocycles. The molecule has 1 aliphatic rings. The summed E-state index contributed by atoms with van der Waals surface area (Å²) in [5.74, 6) is -1.33. The lowest BCUT2D eigenvalue weighted by atomic mass is 9.98. The molecule has 1 fully saturated rings. The summed E-state index contributed by atoms with van der Waals surface area (Å²) in [4.78, 5) is 11.2. The number of hydrogen-bond donors (Lipinski definition) is 2.